The third-order valence-corrected chi connectivity index (χ3v) is 3.14. The molecule has 0 spiro atoms. The van der Waals surface area contributed by atoms with Crippen molar-refractivity contribution in [2.24, 2.45) is 11.1 Å². The molecule has 1 unspecified atom stereocenters. The van der Waals surface area contributed by atoms with Crippen LogP contribution in [0, 0.1) is 5.41 Å². The molecule has 1 rings (SSSR count). The lowest BCUT2D eigenvalue weighted by atomic mass is 9.74. The molecule has 0 saturated heterocycles. The second kappa shape index (κ2) is 5.31. The van der Waals surface area contributed by atoms with Gasteiger partial charge < -0.3 is 5.73 Å². The molecule has 0 aliphatic carbocycles. The predicted molar refractivity (Wildman–Crippen MR) is 67.3 cm³/mol. The van der Waals surface area contributed by atoms with Gasteiger partial charge in [0.15, 0.2) is 0 Å². The molecule has 1 aromatic rings. The van der Waals surface area contributed by atoms with Gasteiger partial charge in [-0.05, 0) is 42.0 Å². The fraction of sp³-hybridized carbons (Fsp3) is 0.571. The van der Waals surface area contributed by atoms with Crippen molar-refractivity contribution >= 4 is 0 Å². The predicted octanol–water partition coefficient (Wildman–Crippen LogP) is 4.18. The Morgan fingerprint density at radius 1 is 1.06 bits per heavy atom. The van der Waals surface area contributed by atoms with Crippen LogP contribution in [0.5, 0.6) is 0 Å². The molecule has 0 amide bonds. The van der Waals surface area contributed by atoms with Gasteiger partial charge in [0.2, 0.25) is 0 Å². The second-order valence-electron chi connectivity index (χ2n) is 5.62. The van der Waals surface area contributed by atoms with Crippen molar-refractivity contribution in [3.05, 3.63) is 35.4 Å². The van der Waals surface area contributed by atoms with Crippen LogP contribution in [0.3, 0.4) is 0 Å². The minimum Gasteiger partial charge on any atom is -0.330 e. The Bertz CT molecular complexity index is 374. The molecule has 18 heavy (non-hydrogen) atoms. The number of alkyl halides is 3. The lowest BCUT2D eigenvalue weighted by Crippen LogP contribution is -2.21. The van der Waals surface area contributed by atoms with Crippen LogP contribution in [-0.2, 0) is 6.18 Å². The van der Waals surface area contributed by atoms with Crippen molar-refractivity contribution < 1.29 is 13.2 Å². The zero-order valence-corrected chi connectivity index (χ0v) is 11.0. The normalized spacial score (nSPS) is 14.6. The Balaban J connectivity index is 3.02. The zero-order chi connectivity index (χ0) is 14.0. The molecule has 1 nitrogen and oxygen atoms in total. The molecule has 0 bridgehead atoms. The standard InChI is InChI=1S/C14H20F3N/c1-13(2,3)12(8-9-18)10-4-6-11(7-5-10)14(15,16)17/h4-7,12H,8-9,18H2,1-3H3. The summed E-state index contributed by atoms with van der Waals surface area (Å²) >= 11 is 0. The first kappa shape index (κ1) is 15.0. The first-order valence-corrected chi connectivity index (χ1v) is 6.03. The lowest BCUT2D eigenvalue weighted by molar-refractivity contribution is -0.137. The Hall–Kier alpha value is -1.03. The van der Waals surface area contributed by atoms with Crippen LogP contribution in [0.2, 0.25) is 0 Å². The fourth-order valence-electron chi connectivity index (χ4n) is 2.17. The minimum atomic E-state index is -4.27. The molecule has 0 radical (unpaired) electrons. The molecular formula is C14H20F3N. The highest BCUT2D eigenvalue weighted by atomic mass is 19.4. The Kier molecular flexibility index (Phi) is 4.43. The van der Waals surface area contributed by atoms with E-state index in [9.17, 15) is 13.2 Å². The number of halogens is 3. The quantitative estimate of drug-likeness (QED) is 0.865. The number of hydrogen-bond donors (Lipinski definition) is 1. The maximum atomic E-state index is 12.5. The van der Waals surface area contributed by atoms with E-state index < -0.39 is 11.7 Å². The SMILES string of the molecule is CC(C)(C)C(CCN)c1ccc(C(F)(F)F)cc1. The molecule has 4 heteroatoms. The van der Waals surface area contributed by atoms with Gasteiger partial charge in [-0.15, -0.1) is 0 Å². The van der Waals surface area contributed by atoms with Crippen molar-refractivity contribution in [1.82, 2.24) is 0 Å². The van der Waals surface area contributed by atoms with Gasteiger partial charge in [-0.3, -0.25) is 0 Å². The first-order valence-electron chi connectivity index (χ1n) is 6.03. The van der Waals surface area contributed by atoms with E-state index >= 15 is 0 Å². The van der Waals surface area contributed by atoms with Crippen molar-refractivity contribution in [3.63, 3.8) is 0 Å². The highest BCUT2D eigenvalue weighted by Crippen LogP contribution is 2.38. The van der Waals surface area contributed by atoms with Gasteiger partial charge in [-0.1, -0.05) is 32.9 Å². The maximum Gasteiger partial charge on any atom is 0.416 e. The molecule has 1 aromatic carbocycles. The van der Waals surface area contributed by atoms with Gasteiger partial charge in [0.05, 0.1) is 5.56 Å². The molecule has 0 heterocycles. The number of nitrogens with two attached hydrogens (primary N) is 1. The fourth-order valence-corrected chi connectivity index (χ4v) is 2.17. The van der Waals surface area contributed by atoms with Crippen LogP contribution in [0.15, 0.2) is 24.3 Å². The largest absolute Gasteiger partial charge is 0.416 e. The third-order valence-electron chi connectivity index (χ3n) is 3.14. The molecule has 102 valence electrons. The van der Waals surface area contributed by atoms with Crippen LogP contribution in [0.25, 0.3) is 0 Å². The summed E-state index contributed by atoms with van der Waals surface area (Å²) < 4.78 is 37.4. The Labute approximate surface area is 106 Å². The van der Waals surface area contributed by atoms with E-state index in [-0.39, 0.29) is 11.3 Å². The minimum absolute atomic E-state index is 0.0148. The first-order chi connectivity index (χ1) is 8.16. The van der Waals surface area contributed by atoms with Gasteiger partial charge in [0, 0.05) is 0 Å². The van der Waals surface area contributed by atoms with Gasteiger partial charge in [0.25, 0.3) is 0 Å². The average Bonchev–Trinajstić information content (AvgIpc) is 2.23. The summed E-state index contributed by atoms with van der Waals surface area (Å²) in [6, 6.07) is 5.41. The molecule has 0 aliphatic rings. The van der Waals surface area contributed by atoms with E-state index in [4.69, 9.17) is 5.73 Å². The van der Waals surface area contributed by atoms with Crippen LogP contribution in [0.1, 0.15) is 44.2 Å². The van der Waals surface area contributed by atoms with E-state index in [0.717, 1.165) is 24.1 Å². The number of rotatable bonds is 3. The Morgan fingerprint density at radius 3 is 1.89 bits per heavy atom. The smallest absolute Gasteiger partial charge is 0.330 e. The van der Waals surface area contributed by atoms with Crippen LogP contribution in [-0.4, -0.2) is 6.54 Å². The van der Waals surface area contributed by atoms with E-state index in [2.05, 4.69) is 20.8 Å². The molecule has 0 aromatic heterocycles. The third kappa shape index (κ3) is 3.73. The van der Waals surface area contributed by atoms with Crippen molar-refractivity contribution in [3.8, 4) is 0 Å². The van der Waals surface area contributed by atoms with E-state index in [1.807, 2.05) is 0 Å². The Morgan fingerprint density at radius 2 is 1.56 bits per heavy atom. The van der Waals surface area contributed by atoms with Crippen molar-refractivity contribution in [1.29, 1.82) is 0 Å². The van der Waals surface area contributed by atoms with E-state index in [0.29, 0.717) is 6.54 Å². The lowest BCUT2D eigenvalue weighted by Gasteiger charge is -2.31. The van der Waals surface area contributed by atoms with Gasteiger partial charge in [-0.25, -0.2) is 0 Å². The number of benzene rings is 1. The van der Waals surface area contributed by atoms with Crippen LogP contribution < -0.4 is 5.73 Å². The van der Waals surface area contributed by atoms with Gasteiger partial charge >= 0.3 is 6.18 Å². The molecule has 0 fully saturated rings. The summed E-state index contributed by atoms with van der Waals surface area (Å²) in [7, 11) is 0. The van der Waals surface area contributed by atoms with Crippen LogP contribution in [0.4, 0.5) is 13.2 Å². The topological polar surface area (TPSA) is 26.0 Å². The summed E-state index contributed by atoms with van der Waals surface area (Å²) in [5.74, 6) is 0.171. The molecule has 0 saturated carbocycles. The highest BCUT2D eigenvalue weighted by molar-refractivity contribution is 5.28. The molecule has 0 aliphatic heterocycles. The van der Waals surface area contributed by atoms with Crippen LogP contribution >= 0.6 is 0 Å². The summed E-state index contributed by atoms with van der Waals surface area (Å²) in [5, 5.41) is 0. The summed E-state index contributed by atoms with van der Waals surface area (Å²) in [5.41, 5.74) is 5.88. The maximum absolute atomic E-state index is 12.5. The zero-order valence-electron chi connectivity index (χ0n) is 11.0. The van der Waals surface area contributed by atoms with E-state index in [1.54, 1.807) is 12.1 Å². The van der Waals surface area contributed by atoms with Gasteiger partial charge in [0.1, 0.15) is 0 Å². The summed E-state index contributed by atoms with van der Waals surface area (Å²) in [6.45, 7) is 6.75. The monoisotopic (exact) mass is 259 g/mol. The number of hydrogen-bond acceptors (Lipinski definition) is 1. The molecular weight excluding hydrogens is 239 g/mol. The molecule has 2 N–H and O–H groups in total. The van der Waals surface area contributed by atoms with Crippen molar-refractivity contribution in [2.45, 2.75) is 39.3 Å². The summed E-state index contributed by atoms with van der Waals surface area (Å²) in [6.07, 6.45) is -3.50. The summed E-state index contributed by atoms with van der Waals surface area (Å²) in [4.78, 5) is 0. The van der Waals surface area contributed by atoms with Gasteiger partial charge in [-0.2, -0.15) is 13.2 Å². The van der Waals surface area contributed by atoms with E-state index in [1.165, 1.54) is 0 Å². The molecule has 1 atom stereocenters. The highest BCUT2D eigenvalue weighted by Gasteiger charge is 2.31. The average molecular weight is 259 g/mol. The van der Waals surface area contributed by atoms with Crippen molar-refractivity contribution in [2.75, 3.05) is 6.54 Å². The second-order valence-corrected chi connectivity index (χ2v) is 5.62.